The van der Waals surface area contributed by atoms with Crippen LogP contribution in [0.25, 0.3) is 0 Å². The molecule has 0 spiro atoms. The lowest BCUT2D eigenvalue weighted by molar-refractivity contribution is 0.0746. The van der Waals surface area contributed by atoms with Crippen LogP contribution in [0.15, 0.2) is 35.2 Å². The van der Waals surface area contributed by atoms with Crippen LogP contribution in [0.1, 0.15) is 61.9 Å². The smallest absolute Gasteiger partial charge is 0.253 e. The van der Waals surface area contributed by atoms with E-state index in [4.69, 9.17) is 4.98 Å². The first kappa shape index (κ1) is 25.6. The number of aromatic nitrogens is 2. The van der Waals surface area contributed by atoms with E-state index >= 15 is 0 Å². The van der Waals surface area contributed by atoms with Gasteiger partial charge in [0, 0.05) is 62.5 Å². The fourth-order valence-corrected chi connectivity index (χ4v) is 6.72. The van der Waals surface area contributed by atoms with Crippen molar-refractivity contribution in [3.8, 4) is 0 Å². The Morgan fingerprint density at radius 3 is 2.14 bits per heavy atom. The van der Waals surface area contributed by atoms with E-state index in [1.165, 1.54) is 0 Å². The van der Waals surface area contributed by atoms with Crippen molar-refractivity contribution < 1.29 is 13.2 Å². The molecule has 0 saturated carbocycles. The lowest BCUT2D eigenvalue weighted by Gasteiger charge is -2.36. The van der Waals surface area contributed by atoms with E-state index in [0.717, 1.165) is 23.8 Å². The van der Waals surface area contributed by atoms with E-state index < -0.39 is 10.0 Å². The normalized spacial score (nSPS) is 22.0. The van der Waals surface area contributed by atoms with Gasteiger partial charge in [0.25, 0.3) is 5.91 Å². The van der Waals surface area contributed by atoms with E-state index in [9.17, 15) is 13.2 Å². The van der Waals surface area contributed by atoms with Crippen LogP contribution in [-0.4, -0.2) is 72.8 Å². The average molecular weight is 500 g/mol. The van der Waals surface area contributed by atoms with Gasteiger partial charge in [-0.15, -0.1) is 0 Å². The Balaban J connectivity index is 1.40. The summed E-state index contributed by atoms with van der Waals surface area (Å²) in [7, 11) is -3.56. The van der Waals surface area contributed by atoms with E-state index in [1.807, 2.05) is 17.9 Å². The summed E-state index contributed by atoms with van der Waals surface area (Å²) in [6.45, 7) is 14.0. The molecular weight excluding hydrogens is 462 g/mol. The van der Waals surface area contributed by atoms with Crippen molar-refractivity contribution in [1.29, 1.82) is 0 Å². The molecule has 2 fully saturated rings. The number of hydrogen-bond acceptors (Lipinski definition) is 6. The van der Waals surface area contributed by atoms with Gasteiger partial charge in [-0.05, 0) is 49.4 Å². The van der Waals surface area contributed by atoms with Crippen molar-refractivity contribution in [2.75, 3.05) is 44.2 Å². The topological polar surface area (TPSA) is 86.7 Å². The quantitative estimate of drug-likeness (QED) is 0.626. The minimum absolute atomic E-state index is 0.0736. The Morgan fingerprint density at radius 1 is 0.971 bits per heavy atom. The number of sulfonamides is 1. The Kier molecular flexibility index (Phi) is 7.47. The maximum Gasteiger partial charge on any atom is 0.253 e. The van der Waals surface area contributed by atoms with Crippen LogP contribution in [0.4, 0.5) is 5.82 Å². The number of carbonyl (C=O) groups is 1. The van der Waals surface area contributed by atoms with Crippen molar-refractivity contribution in [2.45, 2.75) is 51.9 Å². The lowest BCUT2D eigenvalue weighted by Crippen LogP contribution is -2.49. The van der Waals surface area contributed by atoms with Gasteiger partial charge in [0.2, 0.25) is 10.0 Å². The van der Waals surface area contributed by atoms with Gasteiger partial charge in [-0.1, -0.05) is 27.7 Å². The number of benzene rings is 1. The van der Waals surface area contributed by atoms with Crippen molar-refractivity contribution in [3.05, 3.63) is 47.4 Å². The highest BCUT2D eigenvalue weighted by Crippen LogP contribution is 2.27. The van der Waals surface area contributed by atoms with Crippen LogP contribution in [0.5, 0.6) is 0 Å². The highest BCUT2D eigenvalue weighted by Gasteiger charge is 2.32. The summed E-state index contributed by atoms with van der Waals surface area (Å²) in [5.74, 6) is 2.61. The second-order valence-corrected chi connectivity index (χ2v) is 12.4. The molecule has 9 heteroatoms. The fraction of sp³-hybridized carbons (Fsp3) is 0.577. The van der Waals surface area contributed by atoms with Crippen molar-refractivity contribution >= 4 is 21.7 Å². The molecule has 2 atom stereocenters. The standard InChI is InChI=1S/C26H37N5O3S/c1-18(2)25-27-21(5)15-24(28-25)29-10-12-30(13-11-29)26(32)22-6-8-23(9-7-22)35(33,34)31-16-19(3)14-20(4)17-31/h6-9,15,18-20H,10-14,16-17H2,1-5H3. The van der Waals surface area contributed by atoms with E-state index in [1.54, 1.807) is 28.6 Å². The molecule has 35 heavy (non-hydrogen) atoms. The number of piperidine rings is 1. The highest BCUT2D eigenvalue weighted by atomic mass is 32.2. The minimum Gasteiger partial charge on any atom is -0.353 e. The molecule has 1 amide bonds. The molecule has 1 aromatic carbocycles. The summed E-state index contributed by atoms with van der Waals surface area (Å²) in [6.07, 6.45) is 1.04. The minimum atomic E-state index is -3.56. The van der Waals surface area contributed by atoms with Crippen LogP contribution < -0.4 is 4.90 Å². The molecule has 4 rings (SSSR count). The Bertz CT molecular complexity index is 1150. The zero-order valence-electron chi connectivity index (χ0n) is 21.4. The van der Waals surface area contributed by atoms with Crippen molar-refractivity contribution in [1.82, 2.24) is 19.2 Å². The Labute approximate surface area is 209 Å². The van der Waals surface area contributed by atoms with Crippen LogP contribution in [0, 0.1) is 18.8 Å². The number of nitrogens with zero attached hydrogens (tertiary/aromatic N) is 5. The van der Waals surface area contributed by atoms with Gasteiger partial charge in [0.15, 0.2) is 0 Å². The maximum absolute atomic E-state index is 13.1. The van der Waals surface area contributed by atoms with E-state index in [-0.39, 0.29) is 16.7 Å². The molecule has 0 N–H and O–H groups in total. The first-order valence-electron chi connectivity index (χ1n) is 12.5. The Hall–Kier alpha value is -2.52. The van der Waals surface area contributed by atoms with E-state index in [2.05, 4.69) is 37.6 Å². The zero-order valence-corrected chi connectivity index (χ0v) is 22.3. The van der Waals surface area contributed by atoms with Gasteiger partial charge in [0.1, 0.15) is 11.6 Å². The Morgan fingerprint density at radius 2 is 1.57 bits per heavy atom. The first-order valence-corrected chi connectivity index (χ1v) is 14.0. The van der Waals surface area contributed by atoms with E-state index in [0.29, 0.717) is 56.7 Å². The van der Waals surface area contributed by atoms with Crippen LogP contribution in [0.3, 0.4) is 0 Å². The predicted octanol–water partition coefficient (Wildman–Crippen LogP) is 3.54. The van der Waals surface area contributed by atoms with Gasteiger partial charge in [-0.3, -0.25) is 4.79 Å². The molecule has 1 aromatic heterocycles. The van der Waals surface area contributed by atoms with Gasteiger partial charge in [-0.2, -0.15) is 4.31 Å². The van der Waals surface area contributed by atoms with Gasteiger partial charge >= 0.3 is 0 Å². The molecule has 2 aromatic rings. The second-order valence-electron chi connectivity index (χ2n) is 10.5. The molecule has 0 aliphatic carbocycles. The summed E-state index contributed by atoms with van der Waals surface area (Å²) in [6, 6.07) is 8.41. The van der Waals surface area contributed by atoms with Crippen molar-refractivity contribution in [2.24, 2.45) is 11.8 Å². The number of amides is 1. The molecule has 190 valence electrons. The SMILES string of the molecule is Cc1cc(N2CCN(C(=O)c3ccc(S(=O)(=O)N4CC(C)CC(C)C4)cc3)CC2)nc(C(C)C)n1. The third-order valence-electron chi connectivity index (χ3n) is 6.84. The van der Waals surface area contributed by atoms with Crippen LogP contribution >= 0.6 is 0 Å². The molecule has 0 radical (unpaired) electrons. The molecule has 8 nitrogen and oxygen atoms in total. The summed E-state index contributed by atoms with van der Waals surface area (Å²) in [5.41, 5.74) is 1.46. The summed E-state index contributed by atoms with van der Waals surface area (Å²) in [5, 5.41) is 0. The molecule has 0 bridgehead atoms. The van der Waals surface area contributed by atoms with Gasteiger partial charge in [-0.25, -0.2) is 18.4 Å². The lowest BCUT2D eigenvalue weighted by atomic mass is 9.94. The highest BCUT2D eigenvalue weighted by molar-refractivity contribution is 7.89. The van der Waals surface area contributed by atoms with Gasteiger partial charge in [0.05, 0.1) is 4.90 Å². The third-order valence-corrected chi connectivity index (χ3v) is 8.69. The van der Waals surface area contributed by atoms with Gasteiger partial charge < -0.3 is 9.80 Å². The first-order chi connectivity index (χ1) is 16.5. The maximum atomic E-state index is 13.1. The van der Waals surface area contributed by atoms with Crippen molar-refractivity contribution in [3.63, 3.8) is 0 Å². The average Bonchev–Trinajstić information content (AvgIpc) is 2.83. The summed E-state index contributed by atoms with van der Waals surface area (Å²) in [4.78, 5) is 26.6. The number of piperazine rings is 1. The molecule has 2 aliphatic rings. The number of hydrogen-bond donors (Lipinski definition) is 0. The number of rotatable bonds is 5. The van der Waals surface area contributed by atoms with Crippen LogP contribution in [-0.2, 0) is 10.0 Å². The summed E-state index contributed by atoms with van der Waals surface area (Å²) >= 11 is 0. The molecule has 3 heterocycles. The monoisotopic (exact) mass is 499 g/mol. The largest absolute Gasteiger partial charge is 0.353 e. The zero-order chi connectivity index (χ0) is 25.3. The molecule has 2 saturated heterocycles. The molecule has 2 unspecified atom stereocenters. The molecular formula is C26H37N5O3S. The summed E-state index contributed by atoms with van der Waals surface area (Å²) < 4.78 is 27.9. The number of carbonyl (C=O) groups excluding carboxylic acids is 1. The predicted molar refractivity (Wildman–Crippen MR) is 137 cm³/mol. The second kappa shape index (κ2) is 10.2. The number of anilines is 1. The fourth-order valence-electron chi connectivity index (χ4n) is 5.04. The third kappa shape index (κ3) is 5.67. The molecule has 2 aliphatic heterocycles. The number of aryl methyl sites for hydroxylation is 1. The van der Waals surface area contributed by atoms with Crippen LogP contribution in [0.2, 0.25) is 0 Å².